The summed E-state index contributed by atoms with van der Waals surface area (Å²) in [6, 6.07) is 0. The first kappa shape index (κ1) is 16.9. The minimum atomic E-state index is -2.15. The molecule has 0 heterocycles. The van der Waals surface area contributed by atoms with Gasteiger partial charge in [0, 0.05) is 0 Å². The number of aliphatic hydroxyl groups excluding tert-OH is 1. The van der Waals surface area contributed by atoms with E-state index >= 15 is 0 Å². The summed E-state index contributed by atoms with van der Waals surface area (Å²) in [5.41, 5.74) is 0. The van der Waals surface area contributed by atoms with Crippen LogP contribution in [0.5, 0.6) is 0 Å². The Hall–Kier alpha value is -0.123. The van der Waals surface area contributed by atoms with Crippen molar-refractivity contribution in [3.63, 3.8) is 0 Å². The lowest BCUT2D eigenvalue weighted by molar-refractivity contribution is 0.0711. The molecule has 19 heavy (non-hydrogen) atoms. The minimum Gasteiger partial charge on any atom is -0.432 e. The summed E-state index contributed by atoms with van der Waals surface area (Å²) in [4.78, 5) is 10.5. The van der Waals surface area contributed by atoms with Crippen molar-refractivity contribution < 1.29 is 9.90 Å². The maximum atomic E-state index is 10.5. The van der Waals surface area contributed by atoms with Crippen LogP contribution in [0.3, 0.4) is 0 Å². The van der Waals surface area contributed by atoms with E-state index in [4.69, 9.17) is 0 Å². The molecule has 0 aliphatic heterocycles. The number of hydrogen-bond acceptors (Lipinski definition) is 2. The highest BCUT2D eigenvalue weighted by molar-refractivity contribution is 6.72. The Kier molecular flexibility index (Phi) is 5.84. The van der Waals surface area contributed by atoms with Crippen LogP contribution in [0.25, 0.3) is 0 Å². The van der Waals surface area contributed by atoms with Crippen LogP contribution in [0.4, 0.5) is 0 Å². The third-order valence-electron chi connectivity index (χ3n) is 5.22. The molecule has 0 radical (unpaired) electrons. The van der Waals surface area contributed by atoms with E-state index in [9.17, 15) is 9.90 Å². The second-order valence-corrected chi connectivity index (χ2v) is 11.8. The van der Waals surface area contributed by atoms with Crippen molar-refractivity contribution in [2.45, 2.75) is 77.1 Å². The number of rotatable bonds is 5. The standard InChI is InChI=1S/C16H32O2Si/c1-6-9-15(17)14-11-8-7-10-13(14)12-16(2,3)19(4,5)18/h6,9,13-15,17-18H,7-8,10-12H2,1-5H3/b9-6+/t13-,14-,15-/m1/s1. The number of hydrogen-bond donors (Lipinski definition) is 2. The average Bonchev–Trinajstić information content (AvgIpc) is 2.28. The molecule has 0 aromatic heterocycles. The van der Waals surface area contributed by atoms with Gasteiger partial charge in [0.1, 0.15) is 0 Å². The zero-order chi connectivity index (χ0) is 14.7. The van der Waals surface area contributed by atoms with Gasteiger partial charge in [-0.15, -0.1) is 0 Å². The predicted octanol–water partition coefficient (Wildman–Crippen LogP) is 4.10. The van der Waals surface area contributed by atoms with Gasteiger partial charge in [-0.1, -0.05) is 45.3 Å². The van der Waals surface area contributed by atoms with Crippen LogP contribution in [0.15, 0.2) is 12.2 Å². The molecule has 1 aliphatic rings. The van der Waals surface area contributed by atoms with Crippen molar-refractivity contribution in [1.82, 2.24) is 0 Å². The monoisotopic (exact) mass is 284 g/mol. The molecule has 112 valence electrons. The summed E-state index contributed by atoms with van der Waals surface area (Å²) in [6.07, 6.45) is 9.44. The lowest BCUT2D eigenvalue weighted by Gasteiger charge is -2.42. The zero-order valence-electron chi connectivity index (χ0n) is 13.3. The molecule has 0 aromatic carbocycles. The molecule has 1 saturated carbocycles. The normalized spacial score (nSPS) is 27.7. The highest BCUT2D eigenvalue weighted by Gasteiger charge is 2.42. The number of allylic oxidation sites excluding steroid dienone is 1. The summed E-state index contributed by atoms with van der Waals surface area (Å²) in [5, 5.41) is 10.3. The molecule has 0 aromatic rings. The summed E-state index contributed by atoms with van der Waals surface area (Å²) in [7, 11) is -2.15. The average molecular weight is 285 g/mol. The van der Waals surface area contributed by atoms with E-state index < -0.39 is 8.32 Å². The van der Waals surface area contributed by atoms with Crippen LogP contribution < -0.4 is 0 Å². The quantitative estimate of drug-likeness (QED) is 0.589. The van der Waals surface area contributed by atoms with Gasteiger partial charge in [-0.05, 0) is 49.7 Å². The van der Waals surface area contributed by atoms with Gasteiger partial charge in [-0.25, -0.2) is 0 Å². The molecule has 3 atom stereocenters. The minimum absolute atomic E-state index is 0.0168. The molecule has 1 aliphatic carbocycles. The van der Waals surface area contributed by atoms with Crippen LogP contribution in [-0.2, 0) is 0 Å². The van der Waals surface area contributed by atoms with Gasteiger partial charge >= 0.3 is 0 Å². The maximum absolute atomic E-state index is 10.5. The first-order valence-electron chi connectivity index (χ1n) is 7.72. The van der Waals surface area contributed by atoms with Crippen molar-refractivity contribution in [1.29, 1.82) is 0 Å². The summed E-state index contributed by atoms with van der Waals surface area (Å²) < 4.78 is 0. The Labute approximate surface area is 120 Å². The molecule has 0 amide bonds. The lowest BCUT2D eigenvalue weighted by atomic mass is 9.72. The van der Waals surface area contributed by atoms with E-state index in [-0.39, 0.29) is 11.1 Å². The van der Waals surface area contributed by atoms with Crippen molar-refractivity contribution in [2.75, 3.05) is 0 Å². The second kappa shape index (κ2) is 6.55. The topological polar surface area (TPSA) is 40.5 Å². The molecule has 0 bridgehead atoms. The Morgan fingerprint density at radius 2 is 1.84 bits per heavy atom. The predicted molar refractivity (Wildman–Crippen MR) is 84.6 cm³/mol. The molecule has 1 rings (SSSR count). The first-order chi connectivity index (χ1) is 8.69. The maximum Gasteiger partial charge on any atom is 0.188 e. The van der Waals surface area contributed by atoms with Gasteiger partial charge in [0.25, 0.3) is 0 Å². The molecule has 0 saturated heterocycles. The fourth-order valence-electron chi connectivity index (χ4n) is 3.18. The Bertz CT molecular complexity index is 304. The van der Waals surface area contributed by atoms with Crippen molar-refractivity contribution in [3.8, 4) is 0 Å². The zero-order valence-corrected chi connectivity index (χ0v) is 14.3. The van der Waals surface area contributed by atoms with E-state index in [0.29, 0.717) is 11.8 Å². The van der Waals surface area contributed by atoms with Gasteiger partial charge in [0.05, 0.1) is 6.10 Å². The molecule has 0 spiro atoms. The second-order valence-electron chi connectivity index (χ2n) is 7.37. The largest absolute Gasteiger partial charge is 0.432 e. The van der Waals surface area contributed by atoms with Gasteiger partial charge in [-0.2, -0.15) is 0 Å². The first-order valence-corrected chi connectivity index (χ1v) is 10.7. The van der Waals surface area contributed by atoms with Crippen molar-refractivity contribution >= 4 is 8.32 Å². The summed E-state index contributed by atoms with van der Waals surface area (Å²) >= 11 is 0. The Morgan fingerprint density at radius 1 is 1.26 bits per heavy atom. The van der Waals surface area contributed by atoms with Gasteiger partial charge in [0.15, 0.2) is 8.32 Å². The highest BCUT2D eigenvalue weighted by atomic mass is 28.4. The van der Waals surface area contributed by atoms with Crippen LogP contribution in [0, 0.1) is 11.8 Å². The van der Waals surface area contributed by atoms with Crippen LogP contribution >= 0.6 is 0 Å². The van der Waals surface area contributed by atoms with Crippen LogP contribution in [0.2, 0.25) is 18.1 Å². The summed E-state index contributed by atoms with van der Waals surface area (Å²) in [5.74, 6) is 0.925. The molecular weight excluding hydrogens is 252 g/mol. The third kappa shape index (κ3) is 4.43. The lowest BCUT2D eigenvalue weighted by Crippen LogP contribution is -2.42. The van der Waals surface area contributed by atoms with Crippen molar-refractivity contribution in [3.05, 3.63) is 12.2 Å². The SMILES string of the molecule is C/C=C/[C@@H](O)[C@@H]1CCCC[C@@H]1CC(C)(C)[Si](C)(C)O. The van der Waals surface area contributed by atoms with E-state index in [0.717, 1.165) is 12.8 Å². The Morgan fingerprint density at radius 3 is 2.37 bits per heavy atom. The smallest absolute Gasteiger partial charge is 0.188 e. The molecule has 0 unspecified atom stereocenters. The van der Waals surface area contributed by atoms with Gasteiger partial charge < -0.3 is 9.90 Å². The van der Waals surface area contributed by atoms with E-state index in [2.05, 4.69) is 13.8 Å². The van der Waals surface area contributed by atoms with Gasteiger partial charge in [-0.3, -0.25) is 0 Å². The third-order valence-corrected chi connectivity index (χ3v) is 8.74. The molecule has 3 heteroatoms. The Balaban J connectivity index is 2.78. The summed E-state index contributed by atoms with van der Waals surface area (Å²) in [6.45, 7) is 10.4. The number of aliphatic hydroxyl groups is 1. The molecule has 2 nitrogen and oxygen atoms in total. The van der Waals surface area contributed by atoms with Crippen LogP contribution in [-0.4, -0.2) is 24.3 Å². The van der Waals surface area contributed by atoms with E-state index in [1.807, 2.05) is 32.2 Å². The van der Waals surface area contributed by atoms with Gasteiger partial charge in [0.2, 0.25) is 0 Å². The highest BCUT2D eigenvalue weighted by Crippen LogP contribution is 2.47. The molecule has 2 N–H and O–H groups in total. The van der Waals surface area contributed by atoms with Crippen molar-refractivity contribution in [2.24, 2.45) is 11.8 Å². The van der Waals surface area contributed by atoms with E-state index in [1.54, 1.807) is 0 Å². The molecule has 1 fully saturated rings. The fraction of sp³-hybridized carbons (Fsp3) is 0.875. The molecular formula is C16H32O2Si. The van der Waals surface area contributed by atoms with E-state index in [1.165, 1.54) is 19.3 Å². The fourth-order valence-corrected chi connectivity index (χ4v) is 3.95. The van der Waals surface area contributed by atoms with Crippen LogP contribution in [0.1, 0.15) is 52.9 Å².